The lowest BCUT2D eigenvalue weighted by Gasteiger charge is -2.36. The molecule has 0 amide bonds. The molecule has 4 aromatic rings. The highest BCUT2D eigenvalue weighted by Gasteiger charge is 2.35. The first-order valence-corrected chi connectivity index (χ1v) is 10.4. The Kier molecular flexibility index (Phi) is 4.72. The molecule has 0 fully saturated rings. The molecule has 1 aliphatic carbocycles. The van der Waals surface area contributed by atoms with Crippen LogP contribution in [0.2, 0.25) is 0 Å². The van der Waals surface area contributed by atoms with Crippen molar-refractivity contribution in [3.8, 4) is 16.9 Å². The molecule has 0 N–H and O–H groups in total. The van der Waals surface area contributed by atoms with E-state index in [1.165, 1.54) is 33.4 Å². The zero-order valence-corrected chi connectivity index (χ0v) is 17.1. The minimum atomic E-state index is -0.199. The lowest BCUT2D eigenvalue weighted by Crippen LogP contribution is -2.30. The number of ether oxygens (including phenoxy) is 1. The van der Waals surface area contributed by atoms with E-state index in [4.69, 9.17) is 4.74 Å². The van der Waals surface area contributed by atoms with Crippen molar-refractivity contribution in [3.05, 3.63) is 131 Å². The molecule has 4 aromatic carbocycles. The molecule has 146 valence electrons. The van der Waals surface area contributed by atoms with Crippen LogP contribution >= 0.6 is 0 Å². The van der Waals surface area contributed by atoms with Gasteiger partial charge in [-0.05, 0) is 40.3 Å². The van der Waals surface area contributed by atoms with E-state index in [1.54, 1.807) is 7.11 Å². The molecular formula is C29H24O. The molecule has 0 saturated heterocycles. The summed E-state index contributed by atoms with van der Waals surface area (Å²) in [6.45, 7) is 0. The number of rotatable bonds is 4. The molecule has 30 heavy (non-hydrogen) atoms. The van der Waals surface area contributed by atoms with Crippen molar-refractivity contribution in [2.45, 2.75) is 11.8 Å². The van der Waals surface area contributed by atoms with Crippen molar-refractivity contribution in [2.75, 3.05) is 7.11 Å². The first-order valence-electron chi connectivity index (χ1n) is 10.4. The van der Waals surface area contributed by atoms with Gasteiger partial charge in [-0.2, -0.15) is 0 Å². The van der Waals surface area contributed by atoms with E-state index in [1.807, 2.05) is 6.07 Å². The SMILES string of the molecule is COc1cccc2c1C=CC(c1ccccc1)(c1ccc(-c3ccccc3)cc1)C2. The van der Waals surface area contributed by atoms with Gasteiger partial charge in [-0.15, -0.1) is 0 Å². The summed E-state index contributed by atoms with van der Waals surface area (Å²) in [5, 5.41) is 0. The first kappa shape index (κ1) is 18.4. The summed E-state index contributed by atoms with van der Waals surface area (Å²) in [5.41, 5.74) is 7.40. The molecule has 5 rings (SSSR count). The van der Waals surface area contributed by atoms with Gasteiger partial charge in [0, 0.05) is 11.0 Å². The maximum atomic E-state index is 5.61. The van der Waals surface area contributed by atoms with Crippen LogP contribution in [-0.2, 0) is 11.8 Å². The van der Waals surface area contributed by atoms with Crippen LogP contribution in [0.3, 0.4) is 0 Å². The summed E-state index contributed by atoms with van der Waals surface area (Å²) in [7, 11) is 1.74. The molecule has 1 atom stereocenters. The molecule has 1 nitrogen and oxygen atoms in total. The minimum absolute atomic E-state index is 0.199. The van der Waals surface area contributed by atoms with E-state index in [2.05, 4.69) is 109 Å². The molecule has 1 unspecified atom stereocenters. The van der Waals surface area contributed by atoms with Gasteiger partial charge in [0.1, 0.15) is 5.75 Å². The van der Waals surface area contributed by atoms with Gasteiger partial charge in [0.15, 0.2) is 0 Å². The summed E-state index contributed by atoms with van der Waals surface area (Å²) in [6, 6.07) is 36.7. The Morgan fingerprint density at radius 1 is 0.633 bits per heavy atom. The molecular weight excluding hydrogens is 364 g/mol. The predicted molar refractivity (Wildman–Crippen MR) is 125 cm³/mol. The van der Waals surface area contributed by atoms with Crippen LogP contribution in [0.1, 0.15) is 22.3 Å². The van der Waals surface area contributed by atoms with Crippen LogP contribution in [0, 0.1) is 0 Å². The average Bonchev–Trinajstić information content (AvgIpc) is 2.84. The van der Waals surface area contributed by atoms with Gasteiger partial charge in [-0.1, -0.05) is 109 Å². The zero-order chi connectivity index (χ0) is 20.4. The van der Waals surface area contributed by atoms with Crippen molar-refractivity contribution >= 4 is 6.08 Å². The van der Waals surface area contributed by atoms with E-state index in [-0.39, 0.29) is 5.41 Å². The van der Waals surface area contributed by atoms with Crippen LogP contribution in [0.15, 0.2) is 109 Å². The Bertz CT molecular complexity index is 1170. The Morgan fingerprint density at radius 2 is 1.27 bits per heavy atom. The average molecular weight is 389 g/mol. The van der Waals surface area contributed by atoms with Gasteiger partial charge >= 0.3 is 0 Å². The van der Waals surface area contributed by atoms with Gasteiger partial charge in [-0.3, -0.25) is 0 Å². The largest absolute Gasteiger partial charge is 0.496 e. The fraction of sp³-hybridized carbons (Fsp3) is 0.103. The van der Waals surface area contributed by atoms with Gasteiger partial charge in [0.25, 0.3) is 0 Å². The van der Waals surface area contributed by atoms with E-state index in [9.17, 15) is 0 Å². The highest BCUT2D eigenvalue weighted by molar-refractivity contribution is 5.70. The summed E-state index contributed by atoms with van der Waals surface area (Å²) in [5.74, 6) is 0.935. The number of benzene rings is 4. The quantitative estimate of drug-likeness (QED) is 0.369. The molecule has 0 heterocycles. The second-order valence-electron chi connectivity index (χ2n) is 7.82. The van der Waals surface area contributed by atoms with Crippen molar-refractivity contribution in [2.24, 2.45) is 0 Å². The summed E-state index contributed by atoms with van der Waals surface area (Å²) in [4.78, 5) is 0. The summed E-state index contributed by atoms with van der Waals surface area (Å²) >= 11 is 0. The van der Waals surface area contributed by atoms with Crippen LogP contribution in [0.4, 0.5) is 0 Å². The monoisotopic (exact) mass is 388 g/mol. The minimum Gasteiger partial charge on any atom is -0.496 e. The van der Waals surface area contributed by atoms with Crippen LogP contribution < -0.4 is 4.74 Å². The van der Waals surface area contributed by atoms with E-state index >= 15 is 0 Å². The zero-order valence-electron chi connectivity index (χ0n) is 17.1. The fourth-order valence-electron chi connectivity index (χ4n) is 4.59. The molecule has 1 heteroatoms. The predicted octanol–water partition coefficient (Wildman–Crippen LogP) is 6.92. The van der Waals surface area contributed by atoms with Crippen molar-refractivity contribution in [3.63, 3.8) is 0 Å². The smallest absolute Gasteiger partial charge is 0.126 e. The van der Waals surface area contributed by atoms with E-state index < -0.39 is 0 Å². The fourth-order valence-corrected chi connectivity index (χ4v) is 4.59. The third-order valence-corrected chi connectivity index (χ3v) is 6.18. The topological polar surface area (TPSA) is 9.23 Å². The number of hydrogen-bond donors (Lipinski definition) is 0. The van der Waals surface area contributed by atoms with Crippen LogP contribution in [0.25, 0.3) is 17.2 Å². The highest BCUT2D eigenvalue weighted by atomic mass is 16.5. The third-order valence-electron chi connectivity index (χ3n) is 6.18. The normalized spacial score (nSPS) is 17.4. The maximum absolute atomic E-state index is 5.61. The van der Waals surface area contributed by atoms with Crippen molar-refractivity contribution in [1.29, 1.82) is 0 Å². The highest BCUT2D eigenvalue weighted by Crippen LogP contribution is 2.43. The second-order valence-corrected chi connectivity index (χ2v) is 7.82. The number of hydrogen-bond acceptors (Lipinski definition) is 1. The maximum Gasteiger partial charge on any atom is 0.126 e. The molecule has 0 saturated carbocycles. The summed E-state index contributed by atoms with van der Waals surface area (Å²) in [6.07, 6.45) is 5.49. The molecule has 0 radical (unpaired) electrons. The first-order chi connectivity index (χ1) is 14.8. The van der Waals surface area contributed by atoms with Gasteiger partial charge in [0.2, 0.25) is 0 Å². The number of methoxy groups -OCH3 is 1. The van der Waals surface area contributed by atoms with Crippen molar-refractivity contribution < 1.29 is 4.74 Å². The molecule has 0 bridgehead atoms. The molecule has 0 aliphatic heterocycles. The Hall–Kier alpha value is -3.58. The van der Waals surface area contributed by atoms with Crippen LogP contribution in [-0.4, -0.2) is 7.11 Å². The molecule has 0 spiro atoms. The lowest BCUT2D eigenvalue weighted by atomic mass is 9.67. The van der Waals surface area contributed by atoms with E-state index in [0.29, 0.717) is 0 Å². The lowest BCUT2D eigenvalue weighted by molar-refractivity contribution is 0.412. The summed E-state index contributed by atoms with van der Waals surface area (Å²) < 4.78 is 5.61. The second kappa shape index (κ2) is 7.68. The number of fused-ring (bicyclic) bond motifs is 1. The van der Waals surface area contributed by atoms with Gasteiger partial charge < -0.3 is 4.74 Å². The Morgan fingerprint density at radius 3 is 1.97 bits per heavy atom. The third kappa shape index (κ3) is 3.13. The molecule has 1 aliphatic rings. The Labute approximate surface area is 178 Å². The van der Waals surface area contributed by atoms with Gasteiger partial charge in [-0.25, -0.2) is 0 Å². The number of allylic oxidation sites excluding steroid dienone is 1. The van der Waals surface area contributed by atoms with Crippen molar-refractivity contribution in [1.82, 2.24) is 0 Å². The van der Waals surface area contributed by atoms with Gasteiger partial charge in [0.05, 0.1) is 7.11 Å². The van der Waals surface area contributed by atoms with Crippen LogP contribution in [0.5, 0.6) is 5.75 Å². The standard InChI is InChI=1S/C29H24O/c1-30-28-14-8-11-24-21-29(20-19-27(24)28,25-12-6-3-7-13-25)26-17-15-23(16-18-26)22-9-4-2-5-10-22/h2-20H,21H2,1H3. The molecule has 0 aromatic heterocycles. The Balaban J connectivity index is 1.63. The van der Waals surface area contributed by atoms with E-state index in [0.717, 1.165) is 12.2 Å².